The van der Waals surface area contributed by atoms with E-state index in [2.05, 4.69) is 200 Å². The van der Waals surface area contributed by atoms with Crippen LogP contribution in [0.15, 0.2) is 223 Å². The number of aromatic nitrogens is 2. The molecule has 2 heterocycles. The highest BCUT2D eigenvalue weighted by molar-refractivity contribution is 6.12. The van der Waals surface area contributed by atoms with Gasteiger partial charge in [-0.05, 0) is 97.1 Å². The van der Waals surface area contributed by atoms with Crippen molar-refractivity contribution in [3.8, 4) is 78.4 Å². The number of furan rings is 1. The molecule has 1 spiro atoms. The second-order valence-electron chi connectivity index (χ2n) is 16.4. The van der Waals surface area contributed by atoms with E-state index in [0.29, 0.717) is 5.82 Å². The van der Waals surface area contributed by atoms with Gasteiger partial charge in [-0.2, -0.15) is 0 Å². The van der Waals surface area contributed by atoms with Crippen molar-refractivity contribution in [2.45, 2.75) is 5.41 Å². The molecule has 3 heteroatoms. The minimum Gasteiger partial charge on any atom is -0.456 e. The van der Waals surface area contributed by atoms with Crippen molar-refractivity contribution in [1.82, 2.24) is 9.97 Å². The Morgan fingerprint density at radius 3 is 1.55 bits per heavy atom. The molecular weight excluding hydrogens is 753 g/mol. The molecule has 0 fully saturated rings. The predicted octanol–water partition coefficient (Wildman–Crippen LogP) is 15.1. The van der Waals surface area contributed by atoms with E-state index in [1.807, 2.05) is 18.2 Å². The van der Waals surface area contributed by atoms with Gasteiger partial charge < -0.3 is 4.42 Å². The molecule has 3 nitrogen and oxygen atoms in total. The SMILES string of the molecule is c1ccc(-c2cccc(-c3nc(-c4ccc5c(c4)C4(c6ccccc6-c6ccccc6-c6ccccc64)c4ccccc4-5)cc(-c4cccc5oc6ccccc6c45)n3)c2)cc1. The molecule has 0 atom stereocenters. The zero-order chi connectivity index (χ0) is 40.8. The quantitative estimate of drug-likeness (QED) is 0.178. The number of nitrogens with zero attached hydrogens (tertiary/aromatic N) is 2. The lowest BCUT2D eigenvalue weighted by Gasteiger charge is -2.35. The number of hydrogen-bond acceptors (Lipinski definition) is 3. The Bertz CT molecular complexity index is 3530. The maximum atomic E-state index is 6.40. The van der Waals surface area contributed by atoms with Gasteiger partial charge in [-0.1, -0.05) is 188 Å². The van der Waals surface area contributed by atoms with Gasteiger partial charge in [-0.15, -0.1) is 0 Å². The summed E-state index contributed by atoms with van der Waals surface area (Å²) in [5, 5.41) is 2.11. The van der Waals surface area contributed by atoms with Gasteiger partial charge in [0.05, 0.1) is 16.8 Å². The van der Waals surface area contributed by atoms with Crippen LogP contribution >= 0.6 is 0 Å². The van der Waals surface area contributed by atoms with Crippen molar-refractivity contribution in [3.63, 3.8) is 0 Å². The molecule has 9 aromatic carbocycles. The lowest BCUT2D eigenvalue weighted by Crippen LogP contribution is -2.29. The van der Waals surface area contributed by atoms with Crippen molar-refractivity contribution in [2.24, 2.45) is 0 Å². The van der Waals surface area contributed by atoms with E-state index in [1.54, 1.807) is 0 Å². The molecule has 2 aromatic heterocycles. The fourth-order valence-corrected chi connectivity index (χ4v) is 10.5. The highest BCUT2D eigenvalue weighted by atomic mass is 16.3. The van der Waals surface area contributed by atoms with Crippen molar-refractivity contribution >= 4 is 21.9 Å². The number of hydrogen-bond donors (Lipinski definition) is 0. The molecule has 0 aliphatic heterocycles. The van der Waals surface area contributed by atoms with Crippen LogP contribution in [0.2, 0.25) is 0 Å². The fourth-order valence-electron chi connectivity index (χ4n) is 10.5. The largest absolute Gasteiger partial charge is 0.456 e. The fraction of sp³-hybridized carbons (Fsp3) is 0.0169. The zero-order valence-electron chi connectivity index (χ0n) is 33.6. The summed E-state index contributed by atoms with van der Waals surface area (Å²) in [6.45, 7) is 0. The molecule has 0 saturated heterocycles. The zero-order valence-corrected chi connectivity index (χ0v) is 33.6. The number of fused-ring (bicyclic) bond motifs is 15. The van der Waals surface area contributed by atoms with Crippen molar-refractivity contribution < 1.29 is 4.42 Å². The second kappa shape index (κ2) is 13.4. The summed E-state index contributed by atoms with van der Waals surface area (Å²) in [7, 11) is 0. The van der Waals surface area contributed by atoms with Crippen molar-refractivity contribution in [2.75, 3.05) is 0 Å². The molecule has 0 saturated carbocycles. The second-order valence-corrected chi connectivity index (χ2v) is 16.4. The Kier molecular flexibility index (Phi) is 7.52. The average Bonchev–Trinajstić information content (AvgIpc) is 3.84. The van der Waals surface area contributed by atoms with Crippen LogP contribution < -0.4 is 0 Å². The smallest absolute Gasteiger partial charge is 0.160 e. The third-order valence-corrected chi connectivity index (χ3v) is 13.1. The van der Waals surface area contributed by atoms with Crippen LogP contribution in [0.1, 0.15) is 22.3 Å². The van der Waals surface area contributed by atoms with Gasteiger partial charge in [0.15, 0.2) is 5.82 Å². The summed E-state index contributed by atoms with van der Waals surface area (Å²) in [5.74, 6) is 0.666. The molecule has 0 N–H and O–H groups in total. The molecular formula is C59H36N2O. The van der Waals surface area contributed by atoms with E-state index in [-0.39, 0.29) is 0 Å². The molecule has 2 aliphatic rings. The Morgan fingerprint density at radius 1 is 0.306 bits per heavy atom. The summed E-state index contributed by atoms with van der Waals surface area (Å²) >= 11 is 0. The molecule has 0 bridgehead atoms. The van der Waals surface area contributed by atoms with Crippen molar-refractivity contribution in [1.29, 1.82) is 0 Å². The summed E-state index contributed by atoms with van der Waals surface area (Å²) in [6, 6.07) is 78.7. The maximum absolute atomic E-state index is 6.40. The van der Waals surface area contributed by atoms with Gasteiger partial charge in [0, 0.05) is 27.5 Å². The average molecular weight is 789 g/mol. The minimum absolute atomic E-state index is 0.599. The standard InChI is InChI=1S/C59H36N2O/c1-2-16-37(17-3-1)38-18-14-19-40(34-38)58-60-53(36-54(61-58)47-26-15-31-56-57(47)48-25-9-13-30-55(48)62-56)39-32-33-46-45-24-8-12-29-51(45)59(52(46)35-39)49-27-10-6-22-43(49)41-20-4-5-21-42(41)44-23-7-11-28-50(44)59/h1-36H. The van der Waals surface area contributed by atoms with Crippen LogP contribution in [-0.2, 0) is 5.41 Å². The Hall–Kier alpha value is -8.14. The molecule has 13 rings (SSSR count). The van der Waals surface area contributed by atoms with E-state index in [1.165, 1.54) is 55.6 Å². The van der Waals surface area contributed by atoms with Gasteiger partial charge in [-0.3, -0.25) is 0 Å². The normalized spacial score (nSPS) is 13.0. The van der Waals surface area contributed by atoms with E-state index in [4.69, 9.17) is 14.4 Å². The predicted molar refractivity (Wildman–Crippen MR) is 253 cm³/mol. The van der Waals surface area contributed by atoms with Gasteiger partial charge in [0.1, 0.15) is 11.2 Å². The van der Waals surface area contributed by atoms with Crippen LogP contribution in [0.4, 0.5) is 0 Å². The molecule has 62 heavy (non-hydrogen) atoms. The van der Waals surface area contributed by atoms with Crippen LogP contribution in [0, 0.1) is 0 Å². The topological polar surface area (TPSA) is 38.9 Å². The first kappa shape index (κ1) is 34.7. The van der Waals surface area contributed by atoms with Gasteiger partial charge in [0.25, 0.3) is 0 Å². The van der Waals surface area contributed by atoms with Crippen molar-refractivity contribution in [3.05, 3.63) is 241 Å². The Morgan fingerprint density at radius 2 is 0.823 bits per heavy atom. The first-order valence-corrected chi connectivity index (χ1v) is 21.2. The van der Waals surface area contributed by atoms with Crippen LogP contribution in [-0.4, -0.2) is 9.97 Å². The van der Waals surface area contributed by atoms with Crippen LogP contribution in [0.3, 0.4) is 0 Å². The van der Waals surface area contributed by atoms with E-state index < -0.39 is 5.41 Å². The summed E-state index contributed by atoms with van der Waals surface area (Å²) in [4.78, 5) is 10.9. The molecule has 288 valence electrons. The van der Waals surface area contributed by atoms with E-state index >= 15 is 0 Å². The van der Waals surface area contributed by atoms with Gasteiger partial charge in [0.2, 0.25) is 0 Å². The first-order valence-electron chi connectivity index (χ1n) is 21.2. The molecule has 2 aliphatic carbocycles. The van der Waals surface area contributed by atoms with Crippen LogP contribution in [0.25, 0.3) is 100 Å². The van der Waals surface area contributed by atoms with E-state index in [9.17, 15) is 0 Å². The third-order valence-electron chi connectivity index (χ3n) is 13.1. The Balaban J connectivity index is 1.09. The molecule has 11 aromatic rings. The summed E-state index contributed by atoms with van der Waals surface area (Å²) in [5.41, 5.74) is 20.6. The van der Waals surface area contributed by atoms with E-state index in [0.717, 1.165) is 61.1 Å². The Labute approximate surface area is 359 Å². The van der Waals surface area contributed by atoms with Gasteiger partial charge >= 0.3 is 0 Å². The highest BCUT2D eigenvalue weighted by Crippen LogP contribution is 2.61. The first-order chi connectivity index (χ1) is 30.7. The number of benzene rings is 9. The molecule has 0 unspecified atom stereocenters. The minimum atomic E-state index is -0.599. The maximum Gasteiger partial charge on any atom is 0.160 e. The molecule has 0 radical (unpaired) electrons. The van der Waals surface area contributed by atoms with Crippen LogP contribution in [0.5, 0.6) is 0 Å². The lowest BCUT2D eigenvalue weighted by atomic mass is 9.65. The molecule has 0 amide bonds. The number of para-hydroxylation sites is 1. The summed E-state index contributed by atoms with van der Waals surface area (Å²) < 4.78 is 6.40. The monoisotopic (exact) mass is 788 g/mol. The summed E-state index contributed by atoms with van der Waals surface area (Å²) in [6.07, 6.45) is 0. The third kappa shape index (κ3) is 5.00. The highest BCUT2D eigenvalue weighted by Gasteiger charge is 2.49. The number of rotatable bonds is 4. The van der Waals surface area contributed by atoms with Gasteiger partial charge in [-0.25, -0.2) is 9.97 Å². The lowest BCUT2D eigenvalue weighted by molar-refractivity contribution is 0.669.